The molecule has 0 spiro atoms. The molecular weight excluding hydrogens is 344 g/mol. The second-order valence-corrected chi connectivity index (χ2v) is 5.80. The molecule has 0 amide bonds. The van der Waals surface area contributed by atoms with Gasteiger partial charge in [-0.1, -0.05) is 0 Å². The molecule has 1 aromatic rings. The van der Waals surface area contributed by atoms with Crippen molar-refractivity contribution in [3.8, 4) is 6.07 Å². The van der Waals surface area contributed by atoms with Crippen LogP contribution in [0.4, 0.5) is 0 Å². The topological polar surface area (TPSA) is 112 Å². The van der Waals surface area contributed by atoms with Crippen molar-refractivity contribution in [2.45, 2.75) is 26.2 Å². The number of allylic oxidation sites excluding steroid dienone is 1. The predicted molar refractivity (Wildman–Crippen MR) is 89.9 cm³/mol. The van der Waals surface area contributed by atoms with E-state index in [-0.39, 0.29) is 42.4 Å². The Morgan fingerprint density at radius 2 is 2.08 bits per heavy atom. The van der Waals surface area contributed by atoms with Crippen LogP contribution in [0.25, 0.3) is 0 Å². The summed E-state index contributed by atoms with van der Waals surface area (Å²) < 4.78 is 15.5. The van der Waals surface area contributed by atoms with Gasteiger partial charge >= 0.3 is 11.9 Å². The number of nitriles is 1. The summed E-state index contributed by atoms with van der Waals surface area (Å²) in [5, 5.41) is 13.1. The highest BCUT2D eigenvalue weighted by Crippen LogP contribution is 2.41. The smallest absolute Gasteiger partial charge is 0.338 e. The summed E-state index contributed by atoms with van der Waals surface area (Å²) >= 11 is 1.42. The molecule has 1 aliphatic rings. The molecular formula is C17H18N2O5S. The summed E-state index contributed by atoms with van der Waals surface area (Å²) in [6.45, 7) is 3.69. The molecule has 0 bridgehead atoms. The number of hydrogen-bond donors (Lipinski definition) is 1. The van der Waals surface area contributed by atoms with Gasteiger partial charge in [-0.15, -0.1) is 0 Å². The van der Waals surface area contributed by atoms with E-state index >= 15 is 0 Å². The van der Waals surface area contributed by atoms with Crippen molar-refractivity contribution in [1.82, 2.24) is 0 Å². The monoisotopic (exact) mass is 362 g/mol. The second-order valence-electron chi connectivity index (χ2n) is 5.02. The van der Waals surface area contributed by atoms with Crippen molar-refractivity contribution in [3.05, 3.63) is 45.2 Å². The highest BCUT2D eigenvalue weighted by molar-refractivity contribution is 7.08. The van der Waals surface area contributed by atoms with Crippen molar-refractivity contribution in [2.75, 3.05) is 13.2 Å². The van der Waals surface area contributed by atoms with Gasteiger partial charge < -0.3 is 19.9 Å². The first-order chi connectivity index (χ1) is 12.0. The van der Waals surface area contributed by atoms with Crippen molar-refractivity contribution < 1.29 is 23.8 Å². The molecule has 25 heavy (non-hydrogen) atoms. The third-order valence-electron chi connectivity index (χ3n) is 3.48. The number of thiophene rings is 1. The largest absolute Gasteiger partial charge is 0.466 e. The Morgan fingerprint density at radius 3 is 2.64 bits per heavy atom. The van der Waals surface area contributed by atoms with Crippen molar-refractivity contribution in [3.63, 3.8) is 0 Å². The summed E-state index contributed by atoms with van der Waals surface area (Å²) in [6.07, 6.45) is -0.276. The third-order valence-corrected chi connectivity index (χ3v) is 4.18. The minimum absolute atomic E-state index is 0.0459. The standard InChI is InChI=1S/C17H18N2O5S/c1-3-22-13(20)7-12-15(17(21)23-4-2)14(10-5-6-25-9-10)11(8-18)16(19)24-12/h5-6,9,14H,3-4,7,19H2,1-2H3. The van der Waals surface area contributed by atoms with Crippen LogP contribution in [0.3, 0.4) is 0 Å². The number of hydrogen-bond acceptors (Lipinski definition) is 8. The number of rotatable bonds is 6. The van der Waals surface area contributed by atoms with E-state index in [1.807, 2.05) is 16.8 Å². The Labute approximate surface area is 149 Å². The number of nitrogens with two attached hydrogens (primary N) is 1. The van der Waals surface area contributed by atoms with Crippen LogP contribution in [-0.2, 0) is 23.8 Å². The van der Waals surface area contributed by atoms with Crippen LogP contribution in [0.15, 0.2) is 39.6 Å². The lowest BCUT2D eigenvalue weighted by Gasteiger charge is -2.27. The van der Waals surface area contributed by atoms with E-state index in [1.54, 1.807) is 19.9 Å². The number of carbonyl (C=O) groups excluding carboxylic acids is 2. The van der Waals surface area contributed by atoms with Gasteiger partial charge in [0.25, 0.3) is 0 Å². The lowest BCUT2D eigenvalue weighted by atomic mass is 9.84. The Kier molecular flexibility index (Phi) is 6.19. The number of carbonyl (C=O) groups is 2. The molecule has 2 rings (SSSR count). The first kappa shape index (κ1) is 18.5. The summed E-state index contributed by atoms with van der Waals surface area (Å²) in [5.41, 5.74) is 6.77. The fraction of sp³-hybridized carbons (Fsp3) is 0.353. The zero-order valence-electron chi connectivity index (χ0n) is 13.9. The van der Waals surface area contributed by atoms with Crippen LogP contribution in [0.5, 0.6) is 0 Å². The Hall–Kier alpha value is -2.79. The maximum Gasteiger partial charge on any atom is 0.338 e. The molecule has 2 heterocycles. The van der Waals surface area contributed by atoms with Crippen LogP contribution < -0.4 is 5.73 Å². The van der Waals surface area contributed by atoms with E-state index < -0.39 is 17.9 Å². The molecule has 1 atom stereocenters. The first-order valence-corrected chi connectivity index (χ1v) is 8.63. The molecule has 1 aromatic heterocycles. The van der Waals surface area contributed by atoms with Gasteiger partial charge in [0.05, 0.1) is 24.7 Å². The molecule has 0 aliphatic carbocycles. The molecule has 1 unspecified atom stereocenters. The van der Waals surface area contributed by atoms with Gasteiger partial charge in [-0.05, 0) is 36.2 Å². The fourth-order valence-corrected chi connectivity index (χ4v) is 3.18. The molecule has 2 N–H and O–H groups in total. The Morgan fingerprint density at radius 1 is 1.36 bits per heavy atom. The number of esters is 2. The van der Waals surface area contributed by atoms with E-state index in [4.69, 9.17) is 19.9 Å². The quantitative estimate of drug-likeness (QED) is 0.773. The lowest BCUT2D eigenvalue weighted by Crippen LogP contribution is -2.27. The second kappa shape index (κ2) is 8.35. The third kappa shape index (κ3) is 4.00. The summed E-state index contributed by atoms with van der Waals surface area (Å²) in [6, 6.07) is 3.78. The maximum absolute atomic E-state index is 12.5. The first-order valence-electron chi connectivity index (χ1n) is 7.68. The zero-order chi connectivity index (χ0) is 18.4. The minimum atomic E-state index is -0.742. The van der Waals surface area contributed by atoms with Gasteiger partial charge in [0.2, 0.25) is 5.88 Å². The van der Waals surface area contributed by atoms with E-state index in [9.17, 15) is 14.9 Å². The van der Waals surface area contributed by atoms with Gasteiger partial charge in [-0.25, -0.2) is 4.79 Å². The normalized spacial score (nSPS) is 16.9. The lowest BCUT2D eigenvalue weighted by molar-refractivity contribution is -0.143. The van der Waals surface area contributed by atoms with Crippen LogP contribution >= 0.6 is 11.3 Å². The van der Waals surface area contributed by atoms with Crippen molar-refractivity contribution in [1.29, 1.82) is 5.26 Å². The summed E-state index contributed by atoms with van der Waals surface area (Å²) in [5.74, 6) is -2.04. The summed E-state index contributed by atoms with van der Waals surface area (Å²) in [7, 11) is 0. The Bertz CT molecular complexity index is 759. The van der Waals surface area contributed by atoms with Gasteiger partial charge in [-0.3, -0.25) is 4.79 Å². The van der Waals surface area contributed by atoms with E-state index in [2.05, 4.69) is 0 Å². The zero-order valence-corrected chi connectivity index (χ0v) is 14.7. The van der Waals surface area contributed by atoms with Crippen molar-refractivity contribution in [2.24, 2.45) is 5.73 Å². The SMILES string of the molecule is CCOC(=O)CC1=C(C(=O)OCC)C(c2ccsc2)C(C#N)=C(N)O1. The van der Waals surface area contributed by atoms with Gasteiger partial charge in [0.1, 0.15) is 23.8 Å². The van der Waals surface area contributed by atoms with Gasteiger partial charge in [0.15, 0.2) is 0 Å². The fourth-order valence-electron chi connectivity index (χ4n) is 2.50. The van der Waals surface area contributed by atoms with Gasteiger partial charge in [-0.2, -0.15) is 16.6 Å². The highest BCUT2D eigenvalue weighted by Gasteiger charge is 2.38. The van der Waals surface area contributed by atoms with E-state index in [0.29, 0.717) is 5.56 Å². The Balaban J connectivity index is 2.56. The highest BCUT2D eigenvalue weighted by atomic mass is 32.1. The summed E-state index contributed by atoms with van der Waals surface area (Å²) in [4.78, 5) is 24.4. The van der Waals surface area contributed by atoms with E-state index in [0.717, 1.165) is 0 Å². The average Bonchev–Trinajstić information content (AvgIpc) is 3.08. The van der Waals surface area contributed by atoms with Crippen LogP contribution in [0, 0.1) is 11.3 Å². The number of nitrogens with zero attached hydrogens (tertiary/aromatic N) is 1. The van der Waals surface area contributed by atoms with E-state index in [1.165, 1.54) is 11.3 Å². The number of ether oxygens (including phenoxy) is 3. The molecule has 0 saturated heterocycles. The van der Waals surface area contributed by atoms with Gasteiger partial charge in [0, 0.05) is 0 Å². The molecule has 132 valence electrons. The van der Waals surface area contributed by atoms with Crippen LogP contribution in [0.2, 0.25) is 0 Å². The maximum atomic E-state index is 12.5. The molecule has 8 heteroatoms. The molecule has 7 nitrogen and oxygen atoms in total. The van der Waals surface area contributed by atoms with Crippen molar-refractivity contribution >= 4 is 23.3 Å². The molecule has 0 radical (unpaired) electrons. The average molecular weight is 362 g/mol. The van der Waals surface area contributed by atoms with Crippen LogP contribution in [0.1, 0.15) is 31.7 Å². The minimum Gasteiger partial charge on any atom is -0.466 e. The molecule has 1 aliphatic heterocycles. The molecule has 0 aromatic carbocycles. The predicted octanol–water partition coefficient (Wildman–Crippen LogP) is 2.33. The van der Waals surface area contributed by atoms with Crippen LogP contribution in [-0.4, -0.2) is 25.2 Å². The molecule has 0 saturated carbocycles. The molecule has 0 fully saturated rings.